The van der Waals surface area contributed by atoms with Crippen LogP contribution in [0.15, 0.2) is 85.5 Å². The molecular formula is C22H21N3O. The molecule has 0 bridgehead atoms. The van der Waals surface area contributed by atoms with E-state index in [4.69, 9.17) is 0 Å². The standard InChI is InChI=1S/C22H21N3O/c26-22(9-8-20-7-4-13-24-17-20)25(18-21-10-14-23-15-11-21)16-12-19-5-2-1-3-6-19/h1-11,13-15,17H,12,16,18H2. The van der Waals surface area contributed by atoms with Crippen LogP contribution >= 0.6 is 0 Å². The predicted octanol–water partition coefficient (Wildman–Crippen LogP) is 3.76. The monoisotopic (exact) mass is 343 g/mol. The van der Waals surface area contributed by atoms with Gasteiger partial charge in [0.2, 0.25) is 5.91 Å². The van der Waals surface area contributed by atoms with E-state index in [0.717, 1.165) is 17.5 Å². The summed E-state index contributed by atoms with van der Waals surface area (Å²) in [6.07, 6.45) is 11.2. The van der Waals surface area contributed by atoms with Crippen molar-refractivity contribution in [2.75, 3.05) is 6.54 Å². The highest BCUT2D eigenvalue weighted by Gasteiger charge is 2.11. The van der Waals surface area contributed by atoms with Gasteiger partial charge in [-0.3, -0.25) is 14.8 Å². The Balaban J connectivity index is 1.70. The molecule has 0 saturated heterocycles. The number of aromatic nitrogens is 2. The van der Waals surface area contributed by atoms with Crippen molar-refractivity contribution in [1.29, 1.82) is 0 Å². The molecule has 0 N–H and O–H groups in total. The van der Waals surface area contributed by atoms with Crippen LogP contribution < -0.4 is 0 Å². The summed E-state index contributed by atoms with van der Waals surface area (Å²) < 4.78 is 0. The Morgan fingerprint density at radius 3 is 2.42 bits per heavy atom. The van der Waals surface area contributed by atoms with Gasteiger partial charge in [0.1, 0.15) is 0 Å². The summed E-state index contributed by atoms with van der Waals surface area (Å²) in [5, 5.41) is 0. The van der Waals surface area contributed by atoms with Gasteiger partial charge in [-0.05, 0) is 47.4 Å². The summed E-state index contributed by atoms with van der Waals surface area (Å²) in [4.78, 5) is 22.7. The van der Waals surface area contributed by atoms with Crippen LogP contribution in [0.5, 0.6) is 0 Å². The van der Waals surface area contributed by atoms with Gasteiger partial charge in [0.15, 0.2) is 0 Å². The first-order valence-electron chi connectivity index (χ1n) is 8.61. The summed E-state index contributed by atoms with van der Waals surface area (Å²) in [5.41, 5.74) is 3.19. The highest BCUT2D eigenvalue weighted by atomic mass is 16.2. The lowest BCUT2D eigenvalue weighted by Gasteiger charge is -2.21. The van der Waals surface area contributed by atoms with Crippen LogP contribution in [0, 0.1) is 0 Å². The van der Waals surface area contributed by atoms with E-state index >= 15 is 0 Å². The fourth-order valence-corrected chi connectivity index (χ4v) is 2.63. The van der Waals surface area contributed by atoms with Crippen molar-refractivity contribution in [3.05, 3.63) is 102 Å². The fourth-order valence-electron chi connectivity index (χ4n) is 2.63. The lowest BCUT2D eigenvalue weighted by Crippen LogP contribution is -2.31. The molecule has 3 rings (SSSR count). The average Bonchev–Trinajstić information content (AvgIpc) is 2.71. The molecule has 4 nitrogen and oxygen atoms in total. The molecule has 0 fully saturated rings. The molecular weight excluding hydrogens is 322 g/mol. The van der Waals surface area contributed by atoms with Gasteiger partial charge < -0.3 is 4.90 Å². The predicted molar refractivity (Wildman–Crippen MR) is 103 cm³/mol. The van der Waals surface area contributed by atoms with Gasteiger partial charge in [0, 0.05) is 44.0 Å². The van der Waals surface area contributed by atoms with E-state index in [9.17, 15) is 4.79 Å². The topological polar surface area (TPSA) is 46.1 Å². The van der Waals surface area contributed by atoms with Crippen LogP contribution in [0.4, 0.5) is 0 Å². The maximum atomic E-state index is 12.7. The van der Waals surface area contributed by atoms with Gasteiger partial charge in [-0.1, -0.05) is 36.4 Å². The molecule has 2 aromatic heterocycles. The van der Waals surface area contributed by atoms with Crippen LogP contribution in [-0.4, -0.2) is 27.3 Å². The summed E-state index contributed by atoms with van der Waals surface area (Å²) in [7, 11) is 0. The minimum atomic E-state index is -0.0124. The average molecular weight is 343 g/mol. The van der Waals surface area contributed by atoms with Crippen LogP contribution in [-0.2, 0) is 17.8 Å². The summed E-state index contributed by atoms with van der Waals surface area (Å²) in [6.45, 7) is 1.22. The molecule has 0 atom stereocenters. The Morgan fingerprint density at radius 1 is 0.885 bits per heavy atom. The van der Waals surface area contributed by atoms with Gasteiger partial charge in [-0.2, -0.15) is 0 Å². The van der Waals surface area contributed by atoms with Gasteiger partial charge in [-0.15, -0.1) is 0 Å². The SMILES string of the molecule is O=C(C=Cc1cccnc1)N(CCc1ccccc1)Cc1ccncc1. The number of carbonyl (C=O) groups excluding carboxylic acids is 1. The molecule has 1 aromatic carbocycles. The second-order valence-corrected chi connectivity index (χ2v) is 5.97. The van der Waals surface area contributed by atoms with E-state index in [0.29, 0.717) is 13.1 Å². The molecule has 0 unspecified atom stereocenters. The zero-order valence-corrected chi connectivity index (χ0v) is 14.5. The van der Waals surface area contributed by atoms with E-state index in [1.54, 1.807) is 36.9 Å². The Kier molecular flexibility index (Phi) is 6.26. The second kappa shape index (κ2) is 9.28. The van der Waals surface area contributed by atoms with Crippen molar-refractivity contribution in [3.8, 4) is 0 Å². The maximum Gasteiger partial charge on any atom is 0.246 e. The molecule has 0 saturated carbocycles. The van der Waals surface area contributed by atoms with Crippen molar-refractivity contribution in [2.24, 2.45) is 0 Å². The summed E-state index contributed by atoms with van der Waals surface area (Å²) in [6, 6.07) is 17.9. The Labute approximate surface area is 153 Å². The van der Waals surface area contributed by atoms with E-state index in [2.05, 4.69) is 22.1 Å². The van der Waals surface area contributed by atoms with Crippen LogP contribution in [0.25, 0.3) is 6.08 Å². The van der Waals surface area contributed by atoms with Crippen LogP contribution in [0.1, 0.15) is 16.7 Å². The summed E-state index contributed by atoms with van der Waals surface area (Å²) >= 11 is 0. The van der Waals surface area contributed by atoms with Gasteiger partial charge >= 0.3 is 0 Å². The molecule has 130 valence electrons. The summed E-state index contributed by atoms with van der Waals surface area (Å²) in [5.74, 6) is -0.0124. The molecule has 3 aromatic rings. The second-order valence-electron chi connectivity index (χ2n) is 5.97. The number of hydrogen-bond donors (Lipinski definition) is 0. The molecule has 26 heavy (non-hydrogen) atoms. The number of pyridine rings is 2. The third-order valence-electron chi connectivity index (χ3n) is 4.05. The Hall–Kier alpha value is -3.27. The smallest absolute Gasteiger partial charge is 0.246 e. The number of benzene rings is 1. The lowest BCUT2D eigenvalue weighted by molar-refractivity contribution is -0.126. The molecule has 1 amide bonds. The van der Waals surface area contributed by atoms with Gasteiger partial charge in [0.25, 0.3) is 0 Å². The van der Waals surface area contributed by atoms with Gasteiger partial charge in [0.05, 0.1) is 0 Å². The first-order chi connectivity index (χ1) is 12.8. The number of carbonyl (C=O) groups is 1. The van der Waals surface area contributed by atoms with Crippen molar-refractivity contribution in [2.45, 2.75) is 13.0 Å². The third kappa shape index (κ3) is 5.38. The van der Waals surface area contributed by atoms with Crippen molar-refractivity contribution in [3.63, 3.8) is 0 Å². The number of nitrogens with zero attached hydrogens (tertiary/aromatic N) is 3. The highest BCUT2D eigenvalue weighted by molar-refractivity contribution is 5.91. The van der Waals surface area contributed by atoms with E-state index < -0.39 is 0 Å². The van der Waals surface area contributed by atoms with E-state index in [1.807, 2.05) is 47.4 Å². The van der Waals surface area contributed by atoms with Crippen molar-refractivity contribution < 1.29 is 4.79 Å². The van der Waals surface area contributed by atoms with Crippen molar-refractivity contribution >= 4 is 12.0 Å². The quantitative estimate of drug-likeness (QED) is 0.614. The fraction of sp³-hybridized carbons (Fsp3) is 0.136. The first-order valence-corrected chi connectivity index (χ1v) is 8.61. The van der Waals surface area contributed by atoms with Crippen LogP contribution in [0.2, 0.25) is 0 Å². The Bertz CT molecular complexity index is 833. The highest BCUT2D eigenvalue weighted by Crippen LogP contribution is 2.09. The minimum absolute atomic E-state index is 0.0124. The number of rotatable bonds is 7. The Morgan fingerprint density at radius 2 is 1.69 bits per heavy atom. The van der Waals surface area contributed by atoms with E-state index in [1.165, 1.54) is 5.56 Å². The molecule has 0 aliphatic carbocycles. The number of amides is 1. The van der Waals surface area contributed by atoms with Crippen LogP contribution in [0.3, 0.4) is 0 Å². The van der Waals surface area contributed by atoms with Crippen molar-refractivity contribution in [1.82, 2.24) is 14.9 Å². The lowest BCUT2D eigenvalue weighted by atomic mass is 10.1. The molecule has 0 spiro atoms. The molecule has 0 aliphatic rings. The van der Waals surface area contributed by atoms with E-state index in [-0.39, 0.29) is 5.91 Å². The molecule has 0 aliphatic heterocycles. The normalized spacial score (nSPS) is 10.8. The first kappa shape index (κ1) is 17.5. The zero-order valence-electron chi connectivity index (χ0n) is 14.5. The minimum Gasteiger partial charge on any atom is -0.335 e. The third-order valence-corrected chi connectivity index (χ3v) is 4.05. The number of hydrogen-bond acceptors (Lipinski definition) is 3. The van der Waals surface area contributed by atoms with Gasteiger partial charge in [-0.25, -0.2) is 0 Å². The molecule has 4 heteroatoms. The largest absolute Gasteiger partial charge is 0.335 e. The molecule has 2 heterocycles. The zero-order chi connectivity index (χ0) is 18.0. The molecule has 0 radical (unpaired) electrons. The maximum absolute atomic E-state index is 12.7.